The summed E-state index contributed by atoms with van der Waals surface area (Å²) in [6.07, 6.45) is 0.625. The van der Waals surface area contributed by atoms with Gasteiger partial charge in [-0.05, 0) is 24.8 Å². The highest BCUT2D eigenvalue weighted by molar-refractivity contribution is 5.91. The van der Waals surface area contributed by atoms with Crippen molar-refractivity contribution in [3.8, 4) is 0 Å². The molecule has 2 amide bonds. The van der Waals surface area contributed by atoms with Crippen LogP contribution in [0.25, 0.3) is 0 Å². The number of hydrogen-bond donors (Lipinski definition) is 7. The predicted molar refractivity (Wildman–Crippen MR) is 107 cm³/mol. The molecule has 0 aliphatic carbocycles. The minimum atomic E-state index is -1.33. The maximum atomic E-state index is 12.3. The molecule has 1 aromatic rings. The van der Waals surface area contributed by atoms with Crippen molar-refractivity contribution >= 4 is 23.7 Å². The van der Waals surface area contributed by atoms with Crippen molar-refractivity contribution in [2.24, 2.45) is 22.2 Å². The number of nitrogens with zero attached hydrogens (tertiary/aromatic N) is 1. The van der Waals surface area contributed by atoms with Gasteiger partial charge in [0.25, 0.3) is 0 Å². The van der Waals surface area contributed by atoms with E-state index >= 15 is 0 Å². The van der Waals surface area contributed by atoms with E-state index in [1.165, 1.54) is 0 Å². The van der Waals surface area contributed by atoms with Crippen molar-refractivity contribution in [2.45, 2.75) is 37.4 Å². The molecule has 1 rings (SSSR count). The smallest absolute Gasteiger partial charge is 0.326 e. The number of aliphatic hydroxyl groups is 1. The zero-order valence-electron chi connectivity index (χ0n) is 16.0. The molecule has 0 aliphatic rings. The van der Waals surface area contributed by atoms with E-state index in [1.54, 1.807) is 0 Å². The van der Waals surface area contributed by atoms with E-state index in [2.05, 4.69) is 15.6 Å². The highest BCUT2D eigenvalue weighted by atomic mass is 16.4. The van der Waals surface area contributed by atoms with E-state index in [1.807, 2.05) is 30.3 Å². The fourth-order valence-electron chi connectivity index (χ4n) is 2.47. The molecule has 0 saturated carbocycles. The third kappa shape index (κ3) is 9.04. The van der Waals surface area contributed by atoms with E-state index in [9.17, 15) is 24.6 Å². The zero-order valence-corrected chi connectivity index (χ0v) is 16.0. The molecule has 1 aromatic carbocycles. The lowest BCUT2D eigenvalue weighted by Gasteiger charge is -2.21. The minimum absolute atomic E-state index is 0.0669. The van der Waals surface area contributed by atoms with Gasteiger partial charge in [-0.25, -0.2) is 4.79 Å². The molecular formula is C18H28N6O5. The van der Waals surface area contributed by atoms with E-state index in [0.29, 0.717) is 6.42 Å². The van der Waals surface area contributed by atoms with Crippen molar-refractivity contribution in [3.63, 3.8) is 0 Å². The van der Waals surface area contributed by atoms with Crippen molar-refractivity contribution in [3.05, 3.63) is 35.9 Å². The number of carboxylic acids is 1. The second kappa shape index (κ2) is 12.3. The van der Waals surface area contributed by atoms with Gasteiger partial charge in [0, 0.05) is 6.54 Å². The van der Waals surface area contributed by atoms with Crippen LogP contribution in [0.1, 0.15) is 18.4 Å². The van der Waals surface area contributed by atoms with E-state index in [4.69, 9.17) is 17.2 Å². The van der Waals surface area contributed by atoms with Crippen LogP contribution in [0.2, 0.25) is 0 Å². The molecule has 0 aromatic heterocycles. The number of benzene rings is 1. The predicted octanol–water partition coefficient (Wildman–Crippen LogP) is -2.34. The fraction of sp³-hybridized carbons (Fsp3) is 0.444. The molecule has 0 saturated heterocycles. The molecule has 10 N–H and O–H groups in total. The summed E-state index contributed by atoms with van der Waals surface area (Å²) >= 11 is 0. The van der Waals surface area contributed by atoms with Crippen LogP contribution in [0.4, 0.5) is 0 Å². The summed E-state index contributed by atoms with van der Waals surface area (Å²) in [4.78, 5) is 39.6. The number of amides is 2. The molecule has 29 heavy (non-hydrogen) atoms. The van der Waals surface area contributed by atoms with Crippen molar-refractivity contribution < 1.29 is 24.6 Å². The third-order valence-electron chi connectivity index (χ3n) is 4.01. The van der Waals surface area contributed by atoms with Gasteiger partial charge >= 0.3 is 5.97 Å². The van der Waals surface area contributed by atoms with Crippen LogP contribution in [-0.2, 0) is 20.8 Å². The van der Waals surface area contributed by atoms with Crippen LogP contribution in [0, 0.1) is 0 Å². The molecule has 0 spiro atoms. The zero-order chi connectivity index (χ0) is 21.8. The molecule has 0 fully saturated rings. The lowest BCUT2D eigenvalue weighted by molar-refractivity contribution is -0.142. The molecule has 0 heterocycles. The standard InChI is InChI=1S/C18H28N6O5/c19-12(9-11-5-2-1-3-6-11)15(26)24-14(10-25)16(27)23-13(17(28)29)7-4-8-22-18(20)21/h1-3,5-6,12-14,25H,4,7-10,19H2,(H,23,27)(H,24,26)(H,28,29)(H4,20,21,22)/t12-,13-,14-/m0/s1. The fourth-order valence-corrected chi connectivity index (χ4v) is 2.47. The number of carbonyl (C=O) groups excluding carboxylic acids is 2. The van der Waals surface area contributed by atoms with Gasteiger partial charge in [0.05, 0.1) is 12.6 Å². The van der Waals surface area contributed by atoms with Gasteiger partial charge in [-0.1, -0.05) is 30.3 Å². The van der Waals surface area contributed by atoms with Gasteiger partial charge in [-0.2, -0.15) is 0 Å². The second-order valence-corrected chi connectivity index (χ2v) is 6.39. The van der Waals surface area contributed by atoms with E-state index in [0.717, 1.165) is 5.56 Å². The number of carboxylic acid groups (broad SMARTS) is 1. The Morgan fingerprint density at radius 1 is 1.03 bits per heavy atom. The van der Waals surface area contributed by atoms with Crippen molar-refractivity contribution in [1.82, 2.24) is 10.6 Å². The largest absolute Gasteiger partial charge is 0.480 e. The summed E-state index contributed by atoms with van der Waals surface area (Å²) in [5.74, 6) is -2.84. The van der Waals surface area contributed by atoms with Crippen LogP contribution in [-0.4, -0.2) is 65.2 Å². The third-order valence-corrected chi connectivity index (χ3v) is 4.01. The maximum Gasteiger partial charge on any atom is 0.326 e. The van der Waals surface area contributed by atoms with Crippen LogP contribution < -0.4 is 27.8 Å². The lowest BCUT2D eigenvalue weighted by Crippen LogP contribution is -2.56. The molecule has 3 atom stereocenters. The number of nitrogens with one attached hydrogen (secondary N) is 2. The number of rotatable bonds is 12. The summed E-state index contributed by atoms with van der Waals surface area (Å²) < 4.78 is 0. The summed E-state index contributed by atoms with van der Waals surface area (Å²) in [5, 5.41) is 23.3. The molecule has 0 radical (unpaired) electrons. The summed E-state index contributed by atoms with van der Waals surface area (Å²) in [7, 11) is 0. The van der Waals surface area contributed by atoms with Gasteiger partial charge in [-0.3, -0.25) is 14.6 Å². The van der Waals surface area contributed by atoms with Gasteiger partial charge < -0.3 is 38.0 Å². The molecular weight excluding hydrogens is 380 g/mol. The Morgan fingerprint density at radius 2 is 1.66 bits per heavy atom. The lowest BCUT2D eigenvalue weighted by atomic mass is 10.1. The van der Waals surface area contributed by atoms with Gasteiger partial charge in [0.15, 0.2) is 5.96 Å². The summed E-state index contributed by atoms with van der Waals surface area (Å²) in [6, 6.07) is 5.58. The van der Waals surface area contributed by atoms with Crippen LogP contribution in [0.15, 0.2) is 35.3 Å². The van der Waals surface area contributed by atoms with Gasteiger partial charge in [0.2, 0.25) is 11.8 Å². The number of carbonyl (C=O) groups is 3. The van der Waals surface area contributed by atoms with Gasteiger partial charge in [0.1, 0.15) is 12.1 Å². The first-order valence-electron chi connectivity index (χ1n) is 9.04. The highest BCUT2D eigenvalue weighted by Gasteiger charge is 2.27. The molecule has 0 bridgehead atoms. The highest BCUT2D eigenvalue weighted by Crippen LogP contribution is 2.03. The molecule has 0 unspecified atom stereocenters. The summed E-state index contributed by atoms with van der Waals surface area (Å²) in [5.41, 5.74) is 17.1. The van der Waals surface area contributed by atoms with E-state index < -0.39 is 42.5 Å². The second-order valence-electron chi connectivity index (χ2n) is 6.39. The SMILES string of the molecule is NC(N)=NCCC[C@H](NC(=O)[C@H](CO)NC(=O)[C@@H](N)Cc1ccccc1)C(=O)O. The topological polar surface area (TPSA) is 206 Å². The number of hydrogen-bond acceptors (Lipinski definition) is 6. The van der Waals surface area contributed by atoms with Crippen molar-refractivity contribution in [2.75, 3.05) is 13.2 Å². The number of guanidine groups is 1. The molecule has 11 heteroatoms. The van der Waals surface area contributed by atoms with Crippen LogP contribution in [0.5, 0.6) is 0 Å². The number of nitrogens with two attached hydrogens (primary N) is 3. The first-order chi connectivity index (χ1) is 13.7. The average molecular weight is 408 g/mol. The van der Waals surface area contributed by atoms with E-state index in [-0.39, 0.29) is 25.3 Å². The first kappa shape index (κ1) is 23.9. The summed E-state index contributed by atoms with van der Waals surface area (Å²) in [6.45, 7) is -0.507. The Morgan fingerprint density at radius 3 is 2.21 bits per heavy atom. The normalized spacial score (nSPS) is 13.6. The Bertz CT molecular complexity index is 708. The average Bonchev–Trinajstić information content (AvgIpc) is 2.68. The quantitative estimate of drug-likeness (QED) is 0.113. The number of aliphatic carboxylic acids is 1. The number of aliphatic imine (C=N–C) groups is 1. The monoisotopic (exact) mass is 408 g/mol. The number of aliphatic hydroxyl groups excluding tert-OH is 1. The van der Waals surface area contributed by atoms with Gasteiger partial charge in [-0.15, -0.1) is 0 Å². The maximum absolute atomic E-state index is 12.3. The van der Waals surface area contributed by atoms with Crippen LogP contribution >= 0.6 is 0 Å². The molecule has 11 nitrogen and oxygen atoms in total. The molecule has 160 valence electrons. The Kier molecular flexibility index (Phi) is 10.1. The van der Waals surface area contributed by atoms with Crippen LogP contribution in [0.3, 0.4) is 0 Å². The molecule has 0 aliphatic heterocycles. The minimum Gasteiger partial charge on any atom is -0.480 e. The Balaban J connectivity index is 2.60. The Hall–Kier alpha value is -3.18. The Labute approximate surface area is 168 Å². The first-order valence-corrected chi connectivity index (χ1v) is 9.04. The van der Waals surface area contributed by atoms with Crippen molar-refractivity contribution in [1.29, 1.82) is 0 Å².